The quantitative estimate of drug-likeness (QED) is 0.357. The molecule has 2 aromatic heterocycles. The summed E-state index contributed by atoms with van der Waals surface area (Å²) in [6, 6.07) is 15.5. The van der Waals surface area contributed by atoms with Gasteiger partial charge < -0.3 is 0 Å². The molecule has 8 heteroatoms. The van der Waals surface area contributed by atoms with E-state index in [0.29, 0.717) is 22.5 Å². The van der Waals surface area contributed by atoms with Gasteiger partial charge >= 0.3 is 0 Å². The van der Waals surface area contributed by atoms with E-state index in [1.807, 2.05) is 36.6 Å². The lowest BCUT2D eigenvalue weighted by atomic mass is 10.1. The average molecular weight is 402 g/mol. The number of nitrogens with zero attached hydrogens (tertiary/aromatic N) is 5. The first-order chi connectivity index (χ1) is 12.6. The lowest BCUT2D eigenvalue weighted by Crippen LogP contribution is -2.05. The van der Waals surface area contributed by atoms with Crippen LogP contribution in [0, 0.1) is 0 Å². The van der Waals surface area contributed by atoms with E-state index < -0.39 is 0 Å². The number of pyridine rings is 1. The number of benzene rings is 2. The first-order valence-corrected chi connectivity index (χ1v) is 9.77. The fraction of sp³-hybridized carbons (Fsp3) is 0.111. The molecule has 0 amide bonds. The molecule has 0 spiro atoms. The van der Waals surface area contributed by atoms with E-state index >= 15 is 0 Å². The maximum absolute atomic E-state index is 6.37. The topological polar surface area (TPSA) is 56.5 Å². The molecule has 0 atom stereocenters. The predicted molar refractivity (Wildman–Crippen MR) is 106 cm³/mol. The van der Waals surface area contributed by atoms with Crippen molar-refractivity contribution in [3.8, 4) is 11.4 Å². The highest BCUT2D eigenvalue weighted by Gasteiger charge is 2.11. The van der Waals surface area contributed by atoms with E-state index in [-0.39, 0.29) is 0 Å². The van der Waals surface area contributed by atoms with Crippen LogP contribution in [-0.2, 0) is 6.54 Å². The van der Waals surface area contributed by atoms with Gasteiger partial charge in [0.05, 0.1) is 12.1 Å². The molecule has 2 heterocycles. The summed E-state index contributed by atoms with van der Waals surface area (Å²) in [6.07, 6.45) is 2.03. The first kappa shape index (κ1) is 17.3. The molecule has 0 fully saturated rings. The van der Waals surface area contributed by atoms with Gasteiger partial charge in [-0.05, 0) is 41.8 Å². The number of hydrogen-bond acceptors (Lipinski definition) is 5. The molecular weight excluding hydrogens is 389 g/mol. The molecule has 0 aliphatic carbocycles. The molecular formula is C18H13Cl2N5S. The minimum atomic E-state index is 0.389. The summed E-state index contributed by atoms with van der Waals surface area (Å²) in [7, 11) is 0. The Labute approximate surface area is 164 Å². The van der Waals surface area contributed by atoms with Crippen LogP contribution in [0.25, 0.3) is 22.3 Å². The molecule has 0 N–H and O–H groups in total. The van der Waals surface area contributed by atoms with Crippen LogP contribution in [0.3, 0.4) is 0 Å². The van der Waals surface area contributed by atoms with Crippen LogP contribution in [0.4, 0.5) is 0 Å². The van der Waals surface area contributed by atoms with Gasteiger partial charge in [-0.15, -0.1) is 22.0 Å². The summed E-state index contributed by atoms with van der Waals surface area (Å²) in [5.41, 5.74) is 2.53. The minimum absolute atomic E-state index is 0.389. The second kappa shape index (κ2) is 7.23. The van der Waals surface area contributed by atoms with Crippen LogP contribution in [0.2, 0.25) is 10.2 Å². The SMILES string of the molecule is CSc1ccc2cc(Cn3nnc(-c4cccc(Cl)c4)n3)c(Cl)nc2c1. The van der Waals surface area contributed by atoms with E-state index in [1.54, 1.807) is 23.9 Å². The van der Waals surface area contributed by atoms with E-state index in [9.17, 15) is 0 Å². The molecule has 0 radical (unpaired) electrons. The molecule has 0 aliphatic rings. The molecule has 2 aromatic carbocycles. The van der Waals surface area contributed by atoms with Crippen LogP contribution in [0.1, 0.15) is 5.56 Å². The van der Waals surface area contributed by atoms with Gasteiger partial charge in [0, 0.05) is 26.4 Å². The van der Waals surface area contributed by atoms with Gasteiger partial charge in [-0.25, -0.2) is 4.98 Å². The zero-order valence-corrected chi connectivity index (χ0v) is 16.1. The zero-order valence-electron chi connectivity index (χ0n) is 13.7. The normalized spacial score (nSPS) is 11.2. The highest BCUT2D eigenvalue weighted by molar-refractivity contribution is 7.98. The number of rotatable bonds is 4. The van der Waals surface area contributed by atoms with Crippen LogP contribution < -0.4 is 0 Å². The highest BCUT2D eigenvalue weighted by Crippen LogP contribution is 2.25. The third-order valence-electron chi connectivity index (χ3n) is 3.90. The molecule has 0 bridgehead atoms. The molecule has 0 aliphatic heterocycles. The van der Waals surface area contributed by atoms with Crippen molar-refractivity contribution < 1.29 is 0 Å². The van der Waals surface area contributed by atoms with Gasteiger partial charge in [-0.3, -0.25) is 0 Å². The highest BCUT2D eigenvalue weighted by atomic mass is 35.5. The van der Waals surface area contributed by atoms with Crippen LogP contribution in [0.15, 0.2) is 53.4 Å². The van der Waals surface area contributed by atoms with Gasteiger partial charge in [-0.2, -0.15) is 4.80 Å². The van der Waals surface area contributed by atoms with Crippen molar-refractivity contribution in [1.29, 1.82) is 0 Å². The average Bonchev–Trinajstić information content (AvgIpc) is 3.10. The molecule has 0 saturated heterocycles. The third kappa shape index (κ3) is 3.53. The van der Waals surface area contributed by atoms with Crippen LogP contribution in [0.5, 0.6) is 0 Å². The van der Waals surface area contributed by atoms with Crippen LogP contribution >= 0.6 is 35.0 Å². The van der Waals surface area contributed by atoms with E-state index in [0.717, 1.165) is 26.9 Å². The van der Waals surface area contributed by atoms with E-state index in [1.165, 1.54) is 4.80 Å². The monoisotopic (exact) mass is 401 g/mol. The Hall–Kier alpha value is -2.15. The molecule has 130 valence electrons. The smallest absolute Gasteiger partial charge is 0.204 e. The van der Waals surface area contributed by atoms with Crippen molar-refractivity contribution in [3.05, 3.63) is 64.3 Å². The summed E-state index contributed by atoms with van der Waals surface area (Å²) >= 11 is 14.1. The number of tetrazole rings is 1. The fourth-order valence-corrected chi connectivity index (χ4v) is 3.44. The lowest BCUT2D eigenvalue weighted by Gasteiger charge is -2.06. The maximum Gasteiger partial charge on any atom is 0.204 e. The second-order valence-corrected chi connectivity index (χ2v) is 7.32. The van der Waals surface area contributed by atoms with Crippen molar-refractivity contribution in [2.24, 2.45) is 0 Å². The Kier molecular flexibility index (Phi) is 4.80. The molecule has 5 nitrogen and oxygen atoms in total. The Bertz CT molecular complexity index is 1100. The number of hydrogen-bond donors (Lipinski definition) is 0. The Balaban J connectivity index is 1.64. The molecule has 26 heavy (non-hydrogen) atoms. The Morgan fingerprint density at radius 3 is 2.77 bits per heavy atom. The Morgan fingerprint density at radius 2 is 1.96 bits per heavy atom. The van der Waals surface area contributed by atoms with Crippen molar-refractivity contribution in [1.82, 2.24) is 25.2 Å². The maximum atomic E-state index is 6.37. The summed E-state index contributed by atoms with van der Waals surface area (Å²) in [4.78, 5) is 7.15. The Morgan fingerprint density at radius 1 is 1.08 bits per heavy atom. The summed E-state index contributed by atoms with van der Waals surface area (Å²) in [5.74, 6) is 0.516. The number of thioether (sulfide) groups is 1. The van der Waals surface area contributed by atoms with E-state index in [4.69, 9.17) is 23.2 Å². The third-order valence-corrected chi connectivity index (χ3v) is 5.19. The molecule has 4 rings (SSSR count). The minimum Gasteiger partial charge on any atom is -0.236 e. The summed E-state index contributed by atoms with van der Waals surface area (Å²) in [5, 5.41) is 14.7. The first-order valence-electron chi connectivity index (χ1n) is 7.79. The number of halogens is 2. The van der Waals surface area contributed by atoms with Crippen molar-refractivity contribution in [2.75, 3.05) is 6.26 Å². The molecule has 4 aromatic rings. The molecule has 0 saturated carbocycles. The zero-order chi connectivity index (χ0) is 18.1. The summed E-state index contributed by atoms with van der Waals surface area (Å²) in [6.45, 7) is 0.389. The van der Waals surface area contributed by atoms with Gasteiger partial charge in [0.25, 0.3) is 0 Å². The van der Waals surface area contributed by atoms with Gasteiger partial charge in [0.15, 0.2) is 0 Å². The van der Waals surface area contributed by atoms with Crippen LogP contribution in [-0.4, -0.2) is 31.4 Å². The van der Waals surface area contributed by atoms with Crippen molar-refractivity contribution in [2.45, 2.75) is 11.4 Å². The second-order valence-electron chi connectivity index (χ2n) is 5.65. The summed E-state index contributed by atoms with van der Waals surface area (Å²) < 4.78 is 0. The van der Waals surface area contributed by atoms with Crippen molar-refractivity contribution >= 4 is 45.9 Å². The predicted octanol–water partition coefficient (Wildman–Crippen LogP) is 4.97. The number of fused-ring (bicyclic) bond motifs is 1. The van der Waals surface area contributed by atoms with Gasteiger partial charge in [0.2, 0.25) is 5.82 Å². The molecule has 0 unspecified atom stereocenters. The largest absolute Gasteiger partial charge is 0.236 e. The standard InChI is InChI=1S/C18H13Cl2N5S/c1-26-15-6-5-11-7-13(17(20)21-16(11)9-15)10-25-23-18(22-24-25)12-3-2-4-14(19)8-12/h2-9H,10H2,1H3. The van der Waals surface area contributed by atoms with E-state index in [2.05, 4.69) is 26.5 Å². The fourth-order valence-electron chi connectivity index (χ4n) is 2.61. The van der Waals surface area contributed by atoms with Gasteiger partial charge in [-0.1, -0.05) is 41.4 Å². The lowest BCUT2D eigenvalue weighted by molar-refractivity contribution is 0.572. The van der Waals surface area contributed by atoms with Gasteiger partial charge in [0.1, 0.15) is 5.15 Å². The van der Waals surface area contributed by atoms with Crippen molar-refractivity contribution in [3.63, 3.8) is 0 Å². The number of aromatic nitrogens is 5.